The fraction of sp³-hybridized carbons (Fsp3) is 0.208. The Bertz CT molecular complexity index is 1340. The predicted octanol–water partition coefficient (Wildman–Crippen LogP) is 7.06. The van der Waals surface area contributed by atoms with Crippen molar-refractivity contribution < 1.29 is 13.2 Å². The van der Waals surface area contributed by atoms with Crippen molar-refractivity contribution >= 4 is 68.0 Å². The summed E-state index contributed by atoms with van der Waals surface area (Å²) < 4.78 is 28.7. The van der Waals surface area contributed by atoms with Gasteiger partial charge in [0.05, 0.1) is 37.2 Å². The number of hydrogen-bond acceptors (Lipinski definition) is 3. The van der Waals surface area contributed by atoms with Gasteiger partial charge >= 0.3 is 0 Å². The molecule has 1 amide bonds. The molecule has 3 aromatic carbocycles. The lowest BCUT2D eigenvalue weighted by atomic mass is 10.1. The van der Waals surface area contributed by atoms with Crippen LogP contribution in [0.25, 0.3) is 0 Å². The molecule has 0 atom stereocenters. The lowest BCUT2D eigenvalue weighted by Crippen LogP contribution is -2.38. The first-order valence-electron chi connectivity index (χ1n) is 10.2. The van der Waals surface area contributed by atoms with Gasteiger partial charge in [0.15, 0.2) is 0 Å². The van der Waals surface area contributed by atoms with Crippen molar-refractivity contribution in [2.24, 2.45) is 0 Å². The van der Waals surface area contributed by atoms with Crippen LogP contribution in [0.4, 0.5) is 5.69 Å². The lowest BCUT2D eigenvalue weighted by Gasteiger charge is -2.24. The van der Waals surface area contributed by atoms with E-state index in [1.807, 2.05) is 6.92 Å². The van der Waals surface area contributed by atoms with Crippen LogP contribution in [0.2, 0.25) is 20.1 Å². The molecule has 180 valence electrons. The number of rotatable bonds is 7. The van der Waals surface area contributed by atoms with Crippen molar-refractivity contribution in [2.75, 3.05) is 11.9 Å². The monoisotopic (exact) mass is 558 g/mol. The van der Waals surface area contributed by atoms with Gasteiger partial charge in [-0.15, -0.1) is 0 Å². The van der Waals surface area contributed by atoms with Crippen LogP contribution in [0.5, 0.6) is 0 Å². The second kappa shape index (κ2) is 10.9. The van der Waals surface area contributed by atoms with Crippen molar-refractivity contribution in [1.82, 2.24) is 4.31 Å². The highest BCUT2D eigenvalue weighted by Crippen LogP contribution is 2.31. The molecule has 0 saturated carbocycles. The van der Waals surface area contributed by atoms with E-state index < -0.39 is 22.5 Å². The van der Waals surface area contributed by atoms with Crippen molar-refractivity contribution in [1.29, 1.82) is 0 Å². The van der Waals surface area contributed by atoms with E-state index in [-0.39, 0.29) is 32.2 Å². The molecule has 3 rings (SSSR count). The zero-order valence-corrected chi connectivity index (χ0v) is 22.5. The van der Waals surface area contributed by atoms with E-state index in [0.29, 0.717) is 21.7 Å². The first-order chi connectivity index (χ1) is 15.9. The molecule has 0 spiro atoms. The molecule has 0 aliphatic rings. The lowest BCUT2D eigenvalue weighted by molar-refractivity contribution is -0.116. The number of amides is 1. The van der Waals surface area contributed by atoms with Crippen LogP contribution in [0, 0.1) is 20.8 Å². The normalized spacial score (nSPS) is 11.6. The molecule has 0 aliphatic heterocycles. The van der Waals surface area contributed by atoms with Crippen LogP contribution in [0.1, 0.15) is 22.3 Å². The molecule has 0 radical (unpaired) electrons. The van der Waals surface area contributed by atoms with E-state index in [1.165, 1.54) is 0 Å². The molecular formula is C24H22Cl4N2O3S. The molecule has 0 fully saturated rings. The predicted molar refractivity (Wildman–Crippen MR) is 140 cm³/mol. The number of aryl methyl sites for hydroxylation is 3. The summed E-state index contributed by atoms with van der Waals surface area (Å²) >= 11 is 24.3. The van der Waals surface area contributed by atoms with E-state index in [1.54, 1.807) is 62.4 Å². The Hall–Kier alpha value is -1.80. The molecule has 0 saturated heterocycles. The van der Waals surface area contributed by atoms with Gasteiger partial charge in [0.2, 0.25) is 15.9 Å². The third-order valence-electron chi connectivity index (χ3n) is 5.09. The van der Waals surface area contributed by atoms with E-state index in [4.69, 9.17) is 46.4 Å². The van der Waals surface area contributed by atoms with Crippen LogP contribution < -0.4 is 5.32 Å². The second-order valence-electron chi connectivity index (χ2n) is 7.90. The Kier molecular flexibility index (Phi) is 8.56. The van der Waals surface area contributed by atoms with E-state index in [9.17, 15) is 13.2 Å². The largest absolute Gasteiger partial charge is 0.324 e. The minimum atomic E-state index is -4.07. The summed E-state index contributed by atoms with van der Waals surface area (Å²) in [7, 11) is -4.07. The maximum atomic E-state index is 13.8. The number of benzene rings is 3. The standard InChI is InChI=1S/C24H22Cl4N2O3S/c1-14-9-15(2)24(16(3)10-14)34(32,33)30(12-17-7-8-18(25)20(27)11-17)13-22(31)29-21-6-4-5-19(26)23(21)28/h4-11H,12-13H2,1-3H3,(H,29,31). The smallest absolute Gasteiger partial charge is 0.244 e. The summed E-state index contributed by atoms with van der Waals surface area (Å²) in [4.78, 5) is 13.1. The molecule has 0 unspecified atom stereocenters. The van der Waals surface area contributed by atoms with Gasteiger partial charge in [-0.2, -0.15) is 4.31 Å². The molecule has 3 aromatic rings. The molecular weight excluding hydrogens is 538 g/mol. The number of sulfonamides is 1. The molecule has 0 bridgehead atoms. The first kappa shape index (κ1) is 26.8. The second-order valence-corrected chi connectivity index (χ2v) is 11.4. The highest BCUT2D eigenvalue weighted by molar-refractivity contribution is 7.89. The average Bonchev–Trinajstić information content (AvgIpc) is 2.72. The van der Waals surface area contributed by atoms with Gasteiger partial charge < -0.3 is 5.32 Å². The van der Waals surface area contributed by atoms with Crippen LogP contribution in [0.15, 0.2) is 53.4 Å². The maximum absolute atomic E-state index is 13.8. The molecule has 0 aromatic heterocycles. The molecule has 34 heavy (non-hydrogen) atoms. The highest BCUT2D eigenvalue weighted by atomic mass is 35.5. The van der Waals surface area contributed by atoms with Gasteiger partial charge in [-0.25, -0.2) is 8.42 Å². The third-order valence-corrected chi connectivity index (χ3v) is 8.75. The van der Waals surface area contributed by atoms with Gasteiger partial charge in [0, 0.05) is 6.54 Å². The van der Waals surface area contributed by atoms with Crippen molar-refractivity contribution in [2.45, 2.75) is 32.2 Å². The molecule has 1 N–H and O–H groups in total. The summed E-state index contributed by atoms with van der Waals surface area (Å²) in [6.07, 6.45) is 0. The van der Waals surface area contributed by atoms with Crippen LogP contribution in [-0.2, 0) is 21.4 Å². The third kappa shape index (κ3) is 6.06. The van der Waals surface area contributed by atoms with Crippen LogP contribution >= 0.6 is 46.4 Å². The number of hydrogen-bond donors (Lipinski definition) is 1. The number of nitrogens with one attached hydrogen (secondary N) is 1. The minimum absolute atomic E-state index is 0.0946. The fourth-order valence-corrected chi connectivity index (χ4v) is 6.19. The molecule has 0 heterocycles. The summed E-state index contributed by atoms with van der Waals surface area (Å²) in [6, 6.07) is 13.2. The Morgan fingerprint density at radius 3 is 2.15 bits per heavy atom. The zero-order valence-electron chi connectivity index (χ0n) is 18.6. The summed E-state index contributed by atoms with van der Waals surface area (Å²) in [5, 5.41) is 3.71. The number of carbonyl (C=O) groups excluding carboxylic acids is 1. The van der Waals surface area contributed by atoms with E-state index in [0.717, 1.165) is 9.87 Å². The number of halogens is 4. The quantitative estimate of drug-likeness (QED) is 0.337. The maximum Gasteiger partial charge on any atom is 0.244 e. The van der Waals surface area contributed by atoms with Gasteiger partial charge in [0.1, 0.15) is 0 Å². The van der Waals surface area contributed by atoms with Crippen molar-refractivity contribution in [3.05, 3.63) is 90.9 Å². The summed E-state index contributed by atoms with van der Waals surface area (Å²) in [5.41, 5.74) is 2.99. The van der Waals surface area contributed by atoms with E-state index >= 15 is 0 Å². The van der Waals surface area contributed by atoms with Crippen molar-refractivity contribution in [3.63, 3.8) is 0 Å². The van der Waals surface area contributed by atoms with Crippen molar-refractivity contribution in [3.8, 4) is 0 Å². The summed E-state index contributed by atoms with van der Waals surface area (Å²) in [5.74, 6) is -0.574. The Morgan fingerprint density at radius 2 is 1.53 bits per heavy atom. The van der Waals surface area contributed by atoms with Crippen LogP contribution in [0.3, 0.4) is 0 Å². The zero-order chi connectivity index (χ0) is 25.2. The fourth-order valence-electron chi connectivity index (χ4n) is 3.72. The molecule has 10 heteroatoms. The SMILES string of the molecule is Cc1cc(C)c(S(=O)(=O)N(CC(=O)Nc2cccc(Cl)c2Cl)Cc2ccc(Cl)c(Cl)c2)c(C)c1. The number of anilines is 1. The van der Waals surface area contributed by atoms with Crippen LogP contribution in [-0.4, -0.2) is 25.2 Å². The van der Waals surface area contributed by atoms with Gasteiger partial charge in [-0.1, -0.05) is 76.2 Å². The molecule has 0 aliphatic carbocycles. The highest BCUT2D eigenvalue weighted by Gasteiger charge is 2.30. The Balaban J connectivity index is 2.00. The van der Waals surface area contributed by atoms with Gasteiger partial charge in [-0.05, 0) is 61.7 Å². The number of carbonyl (C=O) groups is 1. The number of nitrogens with zero attached hydrogens (tertiary/aromatic N) is 1. The van der Waals surface area contributed by atoms with Gasteiger partial charge in [0.25, 0.3) is 0 Å². The van der Waals surface area contributed by atoms with E-state index in [2.05, 4.69) is 5.32 Å². The topological polar surface area (TPSA) is 66.5 Å². The summed E-state index contributed by atoms with van der Waals surface area (Å²) in [6.45, 7) is 4.80. The Morgan fingerprint density at radius 1 is 0.882 bits per heavy atom. The molecule has 5 nitrogen and oxygen atoms in total. The Labute approximate surface area is 219 Å². The minimum Gasteiger partial charge on any atom is -0.324 e. The van der Waals surface area contributed by atoms with Gasteiger partial charge in [-0.3, -0.25) is 4.79 Å². The first-order valence-corrected chi connectivity index (χ1v) is 13.1. The average molecular weight is 560 g/mol.